The van der Waals surface area contributed by atoms with E-state index in [1.165, 1.54) is 16.8 Å². The van der Waals surface area contributed by atoms with Gasteiger partial charge in [0, 0.05) is 18.7 Å². The van der Waals surface area contributed by atoms with E-state index in [9.17, 15) is 9.18 Å². The van der Waals surface area contributed by atoms with Gasteiger partial charge >= 0.3 is 0 Å². The lowest BCUT2D eigenvalue weighted by atomic mass is 10.2. The minimum atomic E-state index is -1.24. The molecule has 0 bridgehead atoms. The first-order valence-electron chi connectivity index (χ1n) is 4.83. The Morgan fingerprint density at radius 1 is 1.75 bits per heavy atom. The molecule has 88 valence electrons. The molecule has 1 aromatic heterocycles. The first kappa shape index (κ1) is 11.4. The first-order valence-corrected chi connectivity index (χ1v) is 5.24. The van der Waals surface area contributed by atoms with Gasteiger partial charge in [-0.1, -0.05) is 0 Å². The summed E-state index contributed by atoms with van der Waals surface area (Å²) >= 11 is 4.90. The fourth-order valence-corrected chi connectivity index (χ4v) is 1.96. The highest BCUT2D eigenvalue weighted by Gasteiger charge is 2.36. The molecule has 3 unspecified atom stereocenters. The molecule has 7 heteroatoms. The molecule has 2 rings (SSSR count). The van der Waals surface area contributed by atoms with Crippen LogP contribution in [0.15, 0.2) is 17.1 Å². The van der Waals surface area contributed by atoms with E-state index in [2.05, 4.69) is 4.98 Å². The molecule has 1 aromatic rings. The van der Waals surface area contributed by atoms with Crippen LogP contribution in [0.5, 0.6) is 0 Å². The van der Waals surface area contributed by atoms with Gasteiger partial charge in [-0.2, -0.15) is 0 Å². The summed E-state index contributed by atoms with van der Waals surface area (Å²) in [7, 11) is 0. The lowest BCUT2D eigenvalue weighted by Gasteiger charge is -2.16. The predicted molar refractivity (Wildman–Crippen MR) is 56.4 cm³/mol. The van der Waals surface area contributed by atoms with Gasteiger partial charge in [0.2, 0.25) is 0 Å². The summed E-state index contributed by atoms with van der Waals surface area (Å²) in [6, 6.07) is 1.25. The van der Waals surface area contributed by atoms with E-state index >= 15 is 0 Å². The highest BCUT2D eigenvalue weighted by atomic mass is 32.1. The van der Waals surface area contributed by atoms with E-state index in [1.807, 2.05) is 0 Å². The largest absolute Gasteiger partial charge is 0.394 e. The summed E-state index contributed by atoms with van der Waals surface area (Å²) in [5.41, 5.74) is -0.339. The average molecular weight is 246 g/mol. The van der Waals surface area contributed by atoms with Gasteiger partial charge in [0.1, 0.15) is 6.17 Å². The number of hydrogen-bond acceptors (Lipinski definition) is 4. The van der Waals surface area contributed by atoms with Crippen molar-refractivity contribution >= 4 is 12.2 Å². The van der Waals surface area contributed by atoms with Crippen LogP contribution in [0.25, 0.3) is 0 Å². The average Bonchev–Trinajstić information content (AvgIpc) is 2.60. The third-order valence-corrected chi connectivity index (χ3v) is 2.77. The van der Waals surface area contributed by atoms with E-state index in [0.717, 1.165) is 0 Å². The SMILES string of the molecule is O=c1ccn(C2OC(CO)CC2F)c(=S)[nH]1. The molecule has 2 N–H and O–H groups in total. The number of rotatable bonds is 2. The third kappa shape index (κ3) is 2.06. The van der Waals surface area contributed by atoms with Crippen molar-refractivity contribution in [3.63, 3.8) is 0 Å². The molecule has 2 heterocycles. The van der Waals surface area contributed by atoms with Crippen molar-refractivity contribution in [2.45, 2.75) is 24.9 Å². The Hall–Kier alpha value is -1.05. The number of aliphatic hydroxyl groups excluding tert-OH is 1. The topological polar surface area (TPSA) is 67.2 Å². The molecule has 1 saturated heterocycles. The lowest BCUT2D eigenvalue weighted by Crippen LogP contribution is -2.21. The van der Waals surface area contributed by atoms with E-state index in [0.29, 0.717) is 0 Å². The smallest absolute Gasteiger partial charge is 0.251 e. The van der Waals surface area contributed by atoms with Gasteiger partial charge in [-0.3, -0.25) is 14.3 Å². The summed E-state index contributed by atoms with van der Waals surface area (Å²) < 4.78 is 20.3. The normalized spacial score (nSPS) is 29.5. The van der Waals surface area contributed by atoms with Gasteiger partial charge in [-0.15, -0.1) is 0 Å². The second-order valence-electron chi connectivity index (χ2n) is 3.60. The van der Waals surface area contributed by atoms with E-state index < -0.39 is 18.5 Å². The number of alkyl halides is 1. The van der Waals surface area contributed by atoms with E-state index in [-0.39, 0.29) is 23.4 Å². The fourth-order valence-electron chi connectivity index (χ4n) is 1.69. The third-order valence-electron chi connectivity index (χ3n) is 2.46. The van der Waals surface area contributed by atoms with Crippen molar-refractivity contribution in [2.75, 3.05) is 6.61 Å². The molecule has 0 saturated carbocycles. The standard InChI is InChI=1S/C9H11FN2O3S/c10-6-3-5(4-13)15-8(6)12-2-1-7(14)11-9(12)16/h1-2,5-6,8,13H,3-4H2,(H,11,14,16). The zero-order valence-corrected chi connectivity index (χ0v) is 9.11. The van der Waals surface area contributed by atoms with E-state index in [4.69, 9.17) is 22.1 Å². The van der Waals surface area contributed by atoms with Crippen molar-refractivity contribution in [2.24, 2.45) is 0 Å². The Balaban J connectivity index is 2.31. The molecule has 0 spiro atoms. The van der Waals surface area contributed by atoms with Gasteiger partial charge in [0.05, 0.1) is 12.7 Å². The number of halogens is 1. The minimum Gasteiger partial charge on any atom is -0.394 e. The van der Waals surface area contributed by atoms with Crippen LogP contribution in [0, 0.1) is 4.77 Å². The maximum absolute atomic E-state index is 13.6. The number of aliphatic hydroxyl groups is 1. The number of hydrogen-bond donors (Lipinski definition) is 2. The molecule has 16 heavy (non-hydrogen) atoms. The van der Waals surface area contributed by atoms with Crippen LogP contribution in [-0.4, -0.2) is 33.5 Å². The van der Waals surface area contributed by atoms with Gasteiger partial charge in [0.25, 0.3) is 5.56 Å². The van der Waals surface area contributed by atoms with Gasteiger partial charge in [-0.05, 0) is 12.2 Å². The van der Waals surface area contributed by atoms with Crippen molar-refractivity contribution in [3.8, 4) is 0 Å². The van der Waals surface area contributed by atoms with Gasteiger partial charge < -0.3 is 9.84 Å². The second-order valence-corrected chi connectivity index (χ2v) is 3.99. The highest BCUT2D eigenvalue weighted by Crippen LogP contribution is 2.30. The fraction of sp³-hybridized carbons (Fsp3) is 0.556. The van der Waals surface area contributed by atoms with E-state index in [1.54, 1.807) is 0 Å². The molecular weight excluding hydrogens is 235 g/mol. The maximum Gasteiger partial charge on any atom is 0.251 e. The summed E-state index contributed by atoms with van der Waals surface area (Å²) in [6.45, 7) is -0.229. The summed E-state index contributed by atoms with van der Waals surface area (Å²) in [5.74, 6) is 0. The van der Waals surface area contributed by atoms with Crippen LogP contribution in [0.3, 0.4) is 0 Å². The molecule has 1 aliphatic heterocycles. The Kier molecular flexibility index (Phi) is 3.17. The number of nitrogens with one attached hydrogen (secondary N) is 1. The monoisotopic (exact) mass is 246 g/mol. The first-order chi connectivity index (χ1) is 7.61. The molecule has 0 aliphatic carbocycles. The Bertz CT molecular complexity index is 486. The number of nitrogens with zero attached hydrogens (tertiary/aromatic N) is 1. The maximum atomic E-state index is 13.6. The van der Waals surface area contributed by atoms with Crippen LogP contribution < -0.4 is 5.56 Å². The molecule has 5 nitrogen and oxygen atoms in total. The van der Waals surface area contributed by atoms with Crippen LogP contribution in [0.2, 0.25) is 0 Å². The summed E-state index contributed by atoms with van der Waals surface area (Å²) in [6.07, 6.45) is -1.12. The number of H-pyrrole nitrogens is 1. The van der Waals surface area contributed by atoms with Gasteiger partial charge in [-0.25, -0.2) is 4.39 Å². The predicted octanol–water partition coefficient (Wildman–Crippen LogP) is 0.524. The van der Waals surface area contributed by atoms with Crippen molar-refractivity contribution in [1.29, 1.82) is 0 Å². The van der Waals surface area contributed by atoms with Crippen LogP contribution in [0.1, 0.15) is 12.6 Å². The Labute approximate surface area is 95.5 Å². The Morgan fingerprint density at radius 3 is 3.06 bits per heavy atom. The van der Waals surface area contributed by atoms with Crippen LogP contribution >= 0.6 is 12.2 Å². The summed E-state index contributed by atoms with van der Waals surface area (Å²) in [5, 5.41) is 8.88. The van der Waals surface area contributed by atoms with Crippen LogP contribution in [0.4, 0.5) is 4.39 Å². The quantitative estimate of drug-likeness (QED) is 0.747. The molecule has 1 aliphatic rings. The van der Waals surface area contributed by atoms with Crippen molar-refractivity contribution in [1.82, 2.24) is 9.55 Å². The summed E-state index contributed by atoms with van der Waals surface area (Å²) in [4.78, 5) is 13.3. The zero-order chi connectivity index (χ0) is 11.7. The lowest BCUT2D eigenvalue weighted by molar-refractivity contribution is -0.0384. The molecule has 1 fully saturated rings. The molecule has 0 radical (unpaired) electrons. The molecule has 3 atom stereocenters. The van der Waals surface area contributed by atoms with Gasteiger partial charge in [0.15, 0.2) is 11.0 Å². The van der Waals surface area contributed by atoms with Crippen molar-refractivity contribution < 1.29 is 14.2 Å². The zero-order valence-electron chi connectivity index (χ0n) is 8.30. The molecule has 0 aromatic carbocycles. The molecule has 0 amide bonds. The number of aromatic amines is 1. The second kappa shape index (κ2) is 4.44. The highest BCUT2D eigenvalue weighted by molar-refractivity contribution is 7.71. The van der Waals surface area contributed by atoms with Crippen LogP contribution in [-0.2, 0) is 4.74 Å². The van der Waals surface area contributed by atoms with Crippen molar-refractivity contribution in [3.05, 3.63) is 27.4 Å². The Morgan fingerprint density at radius 2 is 2.50 bits per heavy atom. The number of ether oxygens (including phenoxy) is 1. The number of aromatic nitrogens is 2. The minimum absolute atomic E-state index is 0.110. The molecular formula is C9H11FN2O3S.